The van der Waals surface area contributed by atoms with Gasteiger partial charge in [-0.05, 0) is 69.4 Å². The molecule has 1 heterocycles. The third kappa shape index (κ3) is 27.2. The zero-order valence-electron chi connectivity index (χ0n) is 42.5. The highest BCUT2D eigenvalue weighted by atomic mass is 31.2. The highest BCUT2D eigenvalue weighted by Crippen LogP contribution is 2.43. The molecular weight excluding hydrogens is 862 g/mol. The summed E-state index contributed by atoms with van der Waals surface area (Å²) in [5.41, 5.74) is 2.67. The Balaban J connectivity index is 1.68. The van der Waals surface area contributed by atoms with Crippen LogP contribution in [0.3, 0.4) is 0 Å². The molecule has 1 aromatic heterocycles. The molecule has 0 aliphatic heterocycles. The number of aryl methyl sites for hydroxylation is 2. The van der Waals surface area contributed by atoms with Gasteiger partial charge in [-0.2, -0.15) is 0 Å². The molecule has 0 amide bonds. The number of ether oxygens (including phenoxy) is 2. The van der Waals surface area contributed by atoms with Gasteiger partial charge in [0.1, 0.15) is 31.3 Å². The number of furan rings is 1. The molecule has 2 rings (SSSR count). The van der Waals surface area contributed by atoms with Crippen LogP contribution in [0.4, 0.5) is 0 Å². The Morgan fingerprint density at radius 2 is 1.26 bits per heavy atom. The molecule has 0 aromatic carbocycles. The molecule has 13 nitrogen and oxygen atoms in total. The van der Waals surface area contributed by atoms with E-state index in [4.69, 9.17) is 22.9 Å². The van der Waals surface area contributed by atoms with Crippen molar-refractivity contribution in [2.75, 3.05) is 47.5 Å². The maximum atomic E-state index is 12.9. The summed E-state index contributed by atoms with van der Waals surface area (Å²) >= 11 is 0. The summed E-state index contributed by atoms with van der Waals surface area (Å²) in [4.78, 5) is 35.8. The number of phosphoric ester groups is 1. The van der Waals surface area contributed by atoms with Crippen LogP contribution < -0.4 is 0 Å². The van der Waals surface area contributed by atoms with Crippen LogP contribution in [0.25, 0.3) is 0 Å². The van der Waals surface area contributed by atoms with Gasteiger partial charge in [0.25, 0.3) is 0 Å². The van der Waals surface area contributed by atoms with Crippen molar-refractivity contribution in [1.29, 1.82) is 0 Å². The second-order valence-electron chi connectivity index (χ2n) is 20.1. The van der Waals surface area contributed by atoms with Gasteiger partial charge in [-0.25, -0.2) is 4.57 Å². The molecule has 0 saturated heterocycles. The first-order chi connectivity index (χ1) is 31.5. The van der Waals surface area contributed by atoms with E-state index >= 15 is 0 Å². The smallest absolute Gasteiger partial charge is 0.466 e. The molecule has 66 heavy (non-hydrogen) atoms. The monoisotopic (exact) mass is 957 g/mol. The molecule has 0 bridgehead atoms. The number of esters is 2. The van der Waals surface area contributed by atoms with E-state index in [1.807, 2.05) is 27.2 Å². The number of quaternary nitrogens is 1. The number of nitrogens with zero attached hydrogens (tertiary/aromatic N) is 1. The number of aliphatic hydroxyl groups excluding tert-OH is 3. The van der Waals surface area contributed by atoms with Crippen molar-refractivity contribution >= 4 is 19.8 Å². The van der Waals surface area contributed by atoms with Crippen molar-refractivity contribution < 1.29 is 61.8 Å². The standard InChI is InChI=1S/C52H94NO12P/c1-8-10-22-28-43(54)34-35-46-45(47(55)38-48(46)56)29-24-20-21-26-32-51(57)61-39-44(40-63-66(59,60)62-37-36-53(5,6)7)64-52(58)33-27-19-17-15-13-12-14-16-18-25-31-50-42(4)41(3)49(65-50)30-23-11-9-2/h34-35,43-48,54-56H,8-33,36-40H2,1-7H3/p+1/b35-34+/t43-,44+,45+,46+,47-,48+/m0/s1. The van der Waals surface area contributed by atoms with Crippen LogP contribution >= 0.6 is 7.82 Å². The van der Waals surface area contributed by atoms with Crippen LogP contribution in [0, 0.1) is 25.7 Å². The van der Waals surface area contributed by atoms with E-state index in [9.17, 15) is 34.4 Å². The maximum Gasteiger partial charge on any atom is 0.472 e. The summed E-state index contributed by atoms with van der Waals surface area (Å²) in [6, 6.07) is 0. The van der Waals surface area contributed by atoms with Crippen molar-refractivity contribution in [2.45, 2.75) is 225 Å². The molecule has 0 radical (unpaired) electrons. The molecule has 7 atom stereocenters. The zero-order valence-corrected chi connectivity index (χ0v) is 43.4. The molecule has 1 fully saturated rings. The number of aliphatic hydroxyl groups is 3. The van der Waals surface area contributed by atoms with Crippen molar-refractivity contribution in [3.63, 3.8) is 0 Å². The molecule has 1 aliphatic carbocycles. The number of rotatable bonds is 40. The topological polar surface area (TPSA) is 182 Å². The fourth-order valence-corrected chi connectivity index (χ4v) is 9.44. The van der Waals surface area contributed by atoms with E-state index < -0.39 is 50.8 Å². The summed E-state index contributed by atoms with van der Waals surface area (Å²) in [5.74, 6) is 1.13. The van der Waals surface area contributed by atoms with Crippen molar-refractivity contribution in [2.24, 2.45) is 11.8 Å². The van der Waals surface area contributed by atoms with Crippen LogP contribution in [-0.4, -0.2) is 109 Å². The van der Waals surface area contributed by atoms with Crippen molar-refractivity contribution in [3.8, 4) is 0 Å². The molecule has 1 aromatic rings. The summed E-state index contributed by atoms with van der Waals surface area (Å²) in [6.45, 7) is 8.44. The fourth-order valence-electron chi connectivity index (χ4n) is 8.70. The highest BCUT2D eigenvalue weighted by Gasteiger charge is 2.39. The molecule has 1 unspecified atom stereocenters. The minimum Gasteiger partial charge on any atom is -0.466 e. The summed E-state index contributed by atoms with van der Waals surface area (Å²) in [7, 11) is 1.35. The second-order valence-corrected chi connectivity index (χ2v) is 21.6. The van der Waals surface area contributed by atoms with E-state index in [-0.39, 0.29) is 37.9 Å². The molecule has 1 saturated carbocycles. The van der Waals surface area contributed by atoms with E-state index in [1.165, 1.54) is 74.0 Å². The molecule has 384 valence electrons. The van der Waals surface area contributed by atoms with Gasteiger partial charge in [-0.3, -0.25) is 18.6 Å². The molecule has 14 heteroatoms. The quantitative estimate of drug-likeness (QED) is 0.0161. The predicted molar refractivity (Wildman–Crippen MR) is 262 cm³/mol. The van der Waals surface area contributed by atoms with Crippen LogP contribution in [-0.2, 0) is 45.5 Å². The Kier molecular flexibility index (Phi) is 31.1. The largest absolute Gasteiger partial charge is 0.472 e. The number of likely N-dealkylation sites (N-methyl/N-ethyl adjacent to an activating group) is 1. The van der Waals surface area contributed by atoms with Crippen LogP contribution in [0.15, 0.2) is 16.6 Å². The Labute approximate surface area is 400 Å². The third-order valence-electron chi connectivity index (χ3n) is 13.1. The first-order valence-corrected chi connectivity index (χ1v) is 27.5. The average molecular weight is 957 g/mol. The predicted octanol–water partition coefficient (Wildman–Crippen LogP) is 11.0. The van der Waals surface area contributed by atoms with Gasteiger partial charge in [0, 0.05) is 38.0 Å². The Bertz CT molecular complexity index is 1520. The van der Waals surface area contributed by atoms with E-state index in [1.54, 1.807) is 6.08 Å². The Morgan fingerprint density at radius 3 is 1.85 bits per heavy atom. The molecule has 4 N–H and O–H groups in total. The lowest BCUT2D eigenvalue weighted by molar-refractivity contribution is -0.870. The van der Waals surface area contributed by atoms with E-state index in [2.05, 4.69) is 27.7 Å². The molecule has 1 aliphatic rings. The van der Waals surface area contributed by atoms with Gasteiger partial charge in [-0.1, -0.05) is 129 Å². The van der Waals surface area contributed by atoms with E-state index in [0.29, 0.717) is 36.7 Å². The van der Waals surface area contributed by atoms with Crippen molar-refractivity contribution in [1.82, 2.24) is 0 Å². The molecule has 0 spiro atoms. The van der Waals surface area contributed by atoms with Gasteiger partial charge < -0.3 is 38.6 Å². The number of unbranched alkanes of at least 4 members (excludes halogenated alkanes) is 16. The minimum atomic E-state index is -4.44. The Hall–Kier alpha value is -2.09. The van der Waals surface area contributed by atoms with Gasteiger partial charge >= 0.3 is 19.8 Å². The van der Waals surface area contributed by atoms with Gasteiger partial charge in [0.2, 0.25) is 0 Å². The maximum absolute atomic E-state index is 12.9. The SMILES string of the molecule is CCCCCc1oc(CCCCCCCCCCCCC(=O)O[C@H](COC(=O)CCCCCC[C@@H]2[C@@H](/C=C/[C@@H](O)CCCCC)[C@H](O)C[C@@H]2O)COP(=O)(O)OCC[N+](C)(C)C)c(C)c1C. The molecular formula is C52H95NO12P+. The summed E-state index contributed by atoms with van der Waals surface area (Å²) in [5, 5.41) is 31.5. The van der Waals surface area contributed by atoms with Crippen LogP contribution in [0.5, 0.6) is 0 Å². The first kappa shape index (κ1) is 60.0. The minimum absolute atomic E-state index is 0.00708. The zero-order chi connectivity index (χ0) is 48.8. The number of carbonyl (C=O) groups is 2. The number of hydrogen-bond acceptors (Lipinski definition) is 11. The average Bonchev–Trinajstić information content (AvgIpc) is 3.68. The Morgan fingerprint density at radius 1 is 0.727 bits per heavy atom. The summed E-state index contributed by atoms with van der Waals surface area (Å²) < 4.78 is 40.7. The van der Waals surface area contributed by atoms with Crippen molar-refractivity contribution in [3.05, 3.63) is 34.8 Å². The normalized spacial score (nSPS) is 19.6. The lowest BCUT2D eigenvalue weighted by Crippen LogP contribution is -2.37. The van der Waals surface area contributed by atoms with E-state index in [0.717, 1.165) is 83.5 Å². The summed E-state index contributed by atoms with van der Waals surface area (Å²) in [6.07, 6.45) is 25.6. The number of hydrogen-bond donors (Lipinski definition) is 4. The highest BCUT2D eigenvalue weighted by molar-refractivity contribution is 7.47. The first-order valence-electron chi connectivity index (χ1n) is 26.0. The number of phosphoric acid groups is 1. The van der Waals surface area contributed by atoms with Gasteiger partial charge in [0.05, 0.1) is 46.1 Å². The third-order valence-corrected chi connectivity index (χ3v) is 14.1. The van der Waals surface area contributed by atoms with Crippen LogP contribution in [0.2, 0.25) is 0 Å². The number of carbonyl (C=O) groups excluding carboxylic acids is 2. The lowest BCUT2D eigenvalue weighted by Gasteiger charge is -2.24. The van der Waals surface area contributed by atoms with Crippen LogP contribution in [0.1, 0.15) is 197 Å². The fraction of sp³-hybridized carbons (Fsp3) is 0.846. The second kappa shape index (κ2) is 34.2. The lowest BCUT2D eigenvalue weighted by atomic mass is 9.88. The van der Waals surface area contributed by atoms with Gasteiger partial charge in [-0.15, -0.1) is 0 Å². The van der Waals surface area contributed by atoms with Gasteiger partial charge in [0.15, 0.2) is 6.10 Å².